The number of hydrogen-bond acceptors (Lipinski definition) is 7. The van der Waals surface area contributed by atoms with Crippen LogP contribution in [0.15, 0.2) is 48.9 Å². The van der Waals surface area contributed by atoms with Gasteiger partial charge >= 0.3 is 0 Å². The van der Waals surface area contributed by atoms with Crippen molar-refractivity contribution in [2.24, 2.45) is 0 Å². The average Bonchev–Trinajstić information content (AvgIpc) is 3.21. The number of benzene rings is 1. The van der Waals surface area contributed by atoms with E-state index in [4.69, 9.17) is 10.8 Å². The number of halogens is 1. The Morgan fingerprint density at radius 1 is 1.23 bits per heavy atom. The zero-order chi connectivity index (χ0) is 24.4. The molecule has 1 amide bonds. The number of aromatic nitrogens is 5. The van der Waals surface area contributed by atoms with Crippen LogP contribution in [0, 0.1) is 17.7 Å². The van der Waals surface area contributed by atoms with Gasteiger partial charge in [0.1, 0.15) is 29.5 Å². The first kappa shape index (κ1) is 22.4. The van der Waals surface area contributed by atoms with E-state index >= 15 is 4.39 Å². The van der Waals surface area contributed by atoms with Crippen molar-refractivity contribution in [3.8, 4) is 23.1 Å². The van der Waals surface area contributed by atoms with Crippen LogP contribution in [0.5, 0.6) is 0 Å². The van der Waals surface area contributed by atoms with Gasteiger partial charge < -0.3 is 16.4 Å². The molecular weight excluding hydrogens is 447 g/mol. The second kappa shape index (κ2) is 9.48. The van der Waals surface area contributed by atoms with Crippen LogP contribution in [-0.2, 0) is 0 Å². The maximum atomic E-state index is 15.0. The van der Waals surface area contributed by atoms with Crippen molar-refractivity contribution < 1.29 is 9.18 Å². The number of nitrogens with zero attached hydrogens (tertiary/aromatic N) is 5. The molecule has 5 rings (SSSR count). The molecule has 1 saturated carbocycles. The summed E-state index contributed by atoms with van der Waals surface area (Å²) in [5.41, 5.74) is 7.63. The Bertz CT molecular complexity index is 1450. The number of hydrogen-bond donors (Lipinski definition) is 3. The van der Waals surface area contributed by atoms with E-state index in [1.54, 1.807) is 30.5 Å². The van der Waals surface area contributed by atoms with Crippen molar-refractivity contribution in [2.45, 2.75) is 31.8 Å². The molecule has 0 aliphatic heterocycles. The lowest BCUT2D eigenvalue weighted by Gasteiger charge is -2.35. The van der Waals surface area contributed by atoms with E-state index < -0.39 is 11.7 Å². The maximum absolute atomic E-state index is 15.0. The summed E-state index contributed by atoms with van der Waals surface area (Å²) in [4.78, 5) is 25.1. The first-order valence-corrected chi connectivity index (χ1v) is 11.2. The Morgan fingerprint density at radius 3 is 2.83 bits per heavy atom. The summed E-state index contributed by atoms with van der Waals surface area (Å²) in [6.45, 7) is 2.46. The van der Waals surface area contributed by atoms with Crippen LogP contribution < -0.4 is 16.4 Å². The molecule has 0 atom stereocenters. The summed E-state index contributed by atoms with van der Waals surface area (Å²) >= 11 is 0. The number of nitrogens with two attached hydrogens (primary N) is 1. The van der Waals surface area contributed by atoms with E-state index in [-0.39, 0.29) is 17.4 Å². The fraction of sp³-hybridized carbons (Fsp3) is 0.240. The molecule has 0 spiro atoms. The number of fused-ring (bicyclic) bond motifs is 1. The summed E-state index contributed by atoms with van der Waals surface area (Å²) in [5.74, 6) is 5.21. The molecule has 0 saturated heterocycles. The first-order chi connectivity index (χ1) is 17.0. The SMILES string of the molecule is CC#CCN[C@H]1C[C@@H](n2nc(-c3ccc(C(=O)Nc4ccccn4)c(F)c3)c3c(N)ncnc32)C1. The lowest BCUT2D eigenvalue weighted by atomic mass is 9.87. The van der Waals surface area contributed by atoms with Gasteiger partial charge in [-0.05, 0) is 44.0 Å². The maximum Gasteiger partial charge on any atom is 0.259 e. The zero-order valence-electron chi connectivity index (χ0n) is 19.0. The Balaban J connectivity index is 1.43. The molecule has 0 bridgehead atoms. The lowest BCUT2D eigenvalue weighted by molar-refractivity contribution is 0.102. The number of nitrogens with one attached hydrogen (secondary N) is 2. The molecule has 4 aromatic rings. The number of rotatable bonds is 6. The highest BCUT2D eigenvalue weighted by Crippen LogP contribution is 2.38. The van der Waals surface area contributed by atoms with E-state index in [0.717, 1.165) is 12.8 Å². The second-order valence-electron chi connectivity index (χ2n) is 8.24. The Kier molecular flexibility index (Phi) is 6.08. The molecule has 35 heavy (non-hydrogen) atoms. The summed E-state index contributed by atoms with van der Waals surface area (Å²) in [6, 6.07) is 9.90. The van der Waals surface area contributed by atoms with Gasteiger partial charge in [0.25, 0.3) is 5.91 Å². The quantitative estimate of drug-likeness (QED) is 0.370. The van der Waals surface area contributed by atoms with Gasteiger partial charge in [0, 0.05) is 17.8 Å². The smallest absolute Gasteiger partial charge is 0.259 e. The third-order valence-corrected chi connectivity index (χ3v) is 6.03. The van der Waals surface area contributed by atoms with Gasteiger partial charge in [0.05, 0.1) is 23.5 Å². The molecule has 3 aromatic heterocycles. The van der Waals surface area contributed by atoms with Crippen molar-refractivity contribution in [3.05, 3.63) is 60.3 Å². The molecule has 10 heteroatoms. The third kappa shape index (κ3) is 4.41. The highest BCUT2D eigenvalue weighted by atomic mass is 19.1. The molecule has 1 fully saturated rings. The molecule has 176 valence electrons. The second-order valence-corrected chi connectivity index (χ2v) is 8.24. The van der Waals surface area contributed by atoms with Gasteiger partial charge in [0.15, 0.2) is 5.65 Å². The number of carbonyl (C=O) groups excluding carboxylic acids is 1. The molecular formula is C25H23FN8O. The minimum atomic E-state index is -0.681. The van der Waals surface area contributed by atoms with Gasteiger partial charge in [0.2, 0.25) is 0 Å². The van der Waals surface area contributed by atoms with Crippen molar-refractivity contribution in [3.63, 3.8) is 0 Å². The number of anilines is 2. The fourth-order valence-corrected chi connectivity index (χ4v) is 4.16. The van der Waals surface area contributed by atoms with Gasteiger partial charge in [-0.15, -0.1) is 5.92 Å². The molecule has 0 radical (unpaired) electrons. The highest BCUT2D eigenvalue weighted by molar-refractivity contribution is 6.04. The molecule has 3 heterocycles. The minimum Gasteiger partial charge on any atom is -0.383 e. The predicted octanol–water partition coefficient (Wildman–Crippen LogP) is 3.18. The normalized spacial score (nSPS) is 16.9. The molecule has 1 aliphatic rings. The van der Waals surface area contributed by atoms with E-state index in [9.17, 15) is 4.79 Å². The number of amides is 1. The zero-order valence-corrected chi connectivity index (χ0v) is 19.0. The monoisotopic (exact) mass is 470 g/mol. The van der Waals surface area contributed by atoms with E-state index in [0.29, 0.717) is 40.7 Å². The van der Waals surface area contributed by atoms with E-state index in [1.807, 2.05) is 11.6 Å². The first-order valence-electron chi connectivity index (χ1n) is 11.2. The third-order valence-electron chi connectivity index (χ3n) is 6.03. The standard InChI is InChI=1S/C25H23FN8O/c1-2-3-9-28-16-12-17(13-16)34-24-21(23(27)30-14-31-24)22(33-34)15-7-8-18(19(26)11-15)25(35)32-20-6-4-5-10-29-20/h4-8,10-11,14,16-17,28H,9,12-13H2,1H3,(H2,27,30,31)(H,29,32,35)/t16-,17+. The van der Waals surface area contributed by atoms with Crippen molar-refractivity contribution in [2.75, 3.05) is 17.6 Å². The Labute approximate surface area is 201 Å². The van der Waals surface area contributed by atoms with Crippen molar-refractivity contribution >= 4 is 28.6 Å². The van der Waals surface area contributed by atoms with E-state index in [1.165, 1.54) is 18.5 Å². The fourth-order valence-electron chi connectivity index (χ4n) is 4.16. The van der Waals surface area contributed by atoms with Crippen molar-refractivity contribution in [1.29, 1.82) is 0 Å². The summed E-state index contributed by atoms with van der Waals surface area (Å²) in [5, 5.41) is 11.3. The van der Waals surface area contributed by atoms with Gasteiger partial charge in [-0.25, -0.2) is 24.0 Å². The average molecular weight is 471 g/mol. The van der Waals surface area contributed by atoms with Crippen LogP contribution in [0.3, 0.4) is 0 Å². The summed E-state index contributed by atoms with van der Waals surface area (Å²) < 4.78 is 16.9. The number of carbonyl (C=O) groups is 1. The summed E-state index contributed by atoms with van der Waals surface area (Å²) in [6.07, 6.45) is 4.68. The van der Waals surface area contributed by atoms with Gasteiger partial charge in [-0.2, -0.15) is 5.10 Å². The summed E-state index contributed by atoms with van der Waals surface area (Å²) in [7, 11) is 0. The van der Waals surface area contributed by atoms with E-state index in [2.05, 4.69) is 37.4 Å². The van der Waals surface area contributed by atoms with Crippen LogP contribution in [-0.4, -0.2) is 43.2 Å². The van der Waals surface area contributed by atoms with Crippen LogP contribution in [0.1, 0.15) is 36.2 Å². The molecule has 0 unspecified atom stereocenters. The lowest BCUT2D eigenvalue weighted by Crippen LogP contribution is -2.42. The van der Waals surface area contributed by atoms with Crippen LogP contribution in [0.2, 0.25) is 0 Å². The molecule has 1 aliphatic carbocycles. The topological polar surface area (TPSA) is 124 Å². The Morgan fingerprint density at radius 2 is 2.09 bits per heavy atom. The molecule has 9 nitrogen and oxygen atoms in total. The highest BCUT2D eigenvalue weighted by Gasteiger charge is 2.33. The molecule has 1 aromatic carbocycles. The van der Waals surface area contributed by atoms with Crippen molar-refractivity contribution in [1.82, 2.24) is 30.0 Å². The van der Waals surface area contributed by atoms with Crippen LogP contribution >= 0.6 is 0 Å². The van der Waals surface area contributed by atoms with Gasteiger partial charge in [-0.1, -0.05) is 18.1 Å². The number of pyridine rings is 1. The van der Waals surface area contributed by atoms with Gasteiger partial charge in [-0.3, -0.25) is 4.79 Å². The largest absolute Gasteiger partial charge is 0.383 e. The Hall–Kier alpha value is -4.36. The predicted molar refractivity (Wildman–Crippen MR) is 131 cm³/mol. The van der Waals surface area contributed by atoms with Crippen LogP contribution in [0.25, 0.3) is 22.3 Å². The minimum absolute atomic E-state index is 0.101. The van der Waals surface area contributed by atoms with Crippen LogP contribution in [0.4, 0.5) is 16.0 Å². The molecule has 4 N–H and O–H groups in total. The number of nitrogen functional groups attached to an aromatic ring is 1.